The van der Waals surface area contributed by atoms with Gasteiger partial charge in [0.2, 0.25) is 0 Å². The highest BCUT2D eigenvalue weighted by Gasteiger charge is 2.49. The normalized spacial score (nSPS) is 26.8. The van der Waals surface area contributed by atoms with Gasteiger partial charge in [-0.15, -0.1) is 0 Å². The largest absolute Gasteiger partial charge is 0.494 e. The van der Waals surface area contributed by atoms with E-state index in [1.807, 2.05) is 37.3 Å². The number of carboxylic acids is 1. The minimum atomic E-state index is -0.836. The third kappa shape index (κ3) is 3.91. The van der Waals surface area contributed by atoms with Crippen LogP contribution in [0.2, 0.25) is 0 Å². The lowest BCUT2D eigenvalue weighted by Crippen LogP contribution is -2.50. The van der Waals surface area contributed by atoms with Gasteiger partial charge in [0.15, 0.2) is 0 Å². The van der Waals surface area contributed by atoms with E-state index in [0.717, 1.165) is 29.0 Å². The Balaban J connectivity index is 1.63. The Morgan fingerprint density at radius 2 is 1.93 bits per heavy atom. The molecule has 2 aliphatic rings. The first-order valence-corrected chi connectivity index (χ1v) is 10.7. The molecule has 2 aliphatic heterocycles. The van der Waals surface area contributed by atoms with Crippen molar-refractivity contribution in [3.8, 4) is 11.5 Å². The number of hydrogen-bond acceptors (Lipinski definition) is 4. The van der Waals surface area contributed by atoms with Crippen LogP contribution in [0.4, 0.5) is 0 Å². The number of hydrogen-bond donors (Lipinski definition) is 1. The highest BCUT2D eigenvalue weighted by atomic mass is 16.5. The maximum Gasteiger partial charge on any atom is 0.307 e. The molecule has 1 fully saturated rings. The fourth-order valence-electron chi connectivity index (χ4n) is 4.89. The van der Waals surface area contributed by atoms with Crippen LogP contribution in [0.1, 0.15) is 62.8 Å². The monoisotopic (exact) mass is 410 g/mol. The minimum Gasteiger partial charge on any atom is -0.494 e. The second-order valence-corrected chi connectivity index (χ2v) is 8.86. The summed E-state index contributed by atoms with van der Waals surface area (Å²) >= 11 is 0. The van der Waals surface area contributed by atoms with E-state index < -0.39 is 5.97 Å². The average molecular weight is 411 g/mol. The van der Waals surface area contributed by atoms with Crippen molar-refractivity contribution in [3.05, 3.63) is 59.2 Å². The minimum absolute atomic E-state index is 0.00157. The summed E-state index contributed by atoms with van der Waals surface area (Å²) in [6.07, 6.45) is 0.869. The van der Waals surface area contributed by atoms with Crippen LogP contribution in [-0.2, 0) is 16.0 Å². The van der Waals surface area contributed by atoms with E-state index in [4.69, 9.17) is 14.2 Å². The maximum atomic E-state index is 11.2. The summed E-state index contributed by atoms with van der Waals surface area (Å²) in [7, 11) is 0. The van der Waals surface area contributed by atoms with Gasteiger partial charge in [0.05, 0.1) is 25.2 Å². The van der Waals surface area contributed by atoms with Crippen LogP contribution in [0.15, 0.2) is 42.5 Å². The molecule has 4 rings (SSSR count). The van der Waals surface area contributed by atoms with Crippen molar-refractivity contribution in [2.75, 3.05) is 6.61 Å². The first-order chi connectivity index (χ1) is 14.3. The van der Waals surface area contributed by atoms with Crippen molar-refractivity contribution in [2.45, 2.75) is 64.3 Å². The lowest BCUT2D eigenvalue weighted by Gasteiger charge is -2.50. The summed E-state index contributed by atoms with van der Waals surface area (Å²) in [6, 6.07) is 14.0. The SMILES string of the molecule is CCOc1ccc([C@H]2C[C@H]3[C@H](O[C@@H]2C)c2cc(CC(=O)O)ccc2OC3(C)C)cc1. The maximum absolute atomic E-state index is 11.2. The molecule has 1 saturated heterocycles. The second kappa shape index (κ2) is 7.95. The Labute approximate surface area is 178 Å². The van der Waals surface area contributed by atoms with Gasteiger partial charge in [0, 0.05) is 17.4 Å². The van der Waals surface area contributed by atoms with E-state index in [9.17, 15) is 9.90 Å². The van der Waals surface area contributed by atoms with E-state index in [-0.39, 0.29) is 36.1 Å². The zero-order valence-electron chi connectivity index (χ0n) is 18.1. The molecule has 5 heteroatoms. The fourth-order valence-corrected chi connectivity index (χ4v) is 4.89. The first kappa shape index (κ1) is 20.7. The van der Waals surface area contributed by atoms with Gasteiger partial charge in [0.25, 0.3) is 0 Å². The Bertz CT molecular complexity index is 918. The Morgan fingerprint density at radius 1 is 1.20 bits per heavy atom. The smallest absolute Gasteiger partial charge is 0.307 e. The highest BCUT2D eigenvalue weighted by Crippen LogP contribution is 2.53. The topological polar surface area (TPSA) is 65.0 Å². The van der Waals surface area contributed by atoms with Crippen molar-refractivity contribution >= 4 is 5.97 Å². The molecule has 4 atom stereocenters. The molecule has 0 radical (unpaired) electrons. The average Bonchev–Trinajstić information content (AvgIpc) is 2.68. The summed E-state index contributed by atoms with van der Waals surface area (Å²) < 4.78 is 18.5. The van der Waals surface area contributed by atoms with Gasteiger partial charge >= 0.3 is 5.97 Å². The molecule has 160 valence electrons. The van der Waals surface area contributed by atoms with Gasteiger partial charge in [-0.2, -0.15) is 0 Å². The molecular weight excluding hydrogens is 380 g/mol. The molecule has 5 nitrogen and oxygen atoms in total. The van der Waals surface area contributed by atoms with Crippen molar-refractivity contribution < 1.29 is 24.1 Å². The van der Waals surface area contributed by atoms with Crippen molar-refractivity contribution in [1.29, 1.82) is 0 Å². The third-order valence-corrected chi connectivity index (χ3v) is 6.42. The van der Waals surface area contributed by atoms with Gasteiger partial charge in [-0.25, -0.2) is 0 Å². The zero-order valence-corrected chi connectivity index (χ0v) is 18.1. The molecule has 0 aromatic heterocycles. The number of aliphatic carboxylic acids is 1. The van der Waals surface area contributed by atoms with Gasteiger partial charge in [-0.1, -0.05) is 18.2 Å². The number of benzene rings is 2. The molecule has 1 N–H and O–H groups in total. The number of rotatable bonds is 5. The van der Waals surface area contributed by atoms with Crippen LogP contribution in [0.25, 0.3) is 0 Å². The number of carboxylic acid groups (broad SMARTS) is 1. The molecule has 2 heterocycles. The number of fused-ring (bicyclic) bond motifs is 3. The Morgan fingerprint density at radius 3 is 2.60 bits per heavy atom. The summed E-state index contributed by atoms with van der Waals surface area (Å²) in [5.41, 5.74) is 2.60. The van der Waals surface area contributed by atoms with Gasteiger partial charge < -0.3 is 19.3 Å². The van der Waals surface area contributed by atoms with Crippen LogP contribution in [-0.4, -0.2) is 29.4 Å². The van der Waals surface area contributed by atoms with E-state index in [1.165, 1.54) is 5.56 Å². The molecule has 0 spiro atoms. The van der Waals surface area contributed by atoms with Crippen molar-refractivity contribution in [3.63, 3.8) is 0 Å². The lowest BCUT2D eigenvalue weighted by molar-refractivity contribution is -0.153. The van der Waals surface area contributed by atoms with E-state index in [0.29, 0.717) is 6.61 Å². The van der Waals surface area contributed by atoms with Crippen LogP contribution in [0, 0.1) is 5.92 Å². The molecule has 0 bridgehead atoms. The number of ether oxygens (including phenoxy) is 3. The predicted octanol–water partition coefficient (Wildman–Crippen LogP) is 5.13. The fraction of sp³-hybridized carbons (Fsp3) is 0.480. The quantitative estimate of drug-likeness (QED) is 0.740. The molecule has 0 saturated carbocycles. The molecule has 0 unspecified atom stereocenters. The molecule has 2 aromatic rings. The van der Waals surface area contributed by atoms with Crippen LogP contribution < -0.4 is 9.47 Å². The summed E-state index contributed by atoms with van der Waals surface area (Å²) in [5.74, 6) is 1.26. The Hall–Kier alpha value is -2.53. The van der Waals surface area contributed by atoms with Gasteiger partial charge in [-0.05, 0) is 69.5 Å². The molecule has 2 aromatic carbocycles. The second-order valence-electron chi connectivity index (χ2n) is 8.86. The predicted molar refractivity (Wildman–Crippen MR) is 114 cm³/mol. The Kier molecular flexibility index (Phi) is 5.49. The summed E-state index contributed by atoms with van der Waals surface area (Å²) in [5, 5.41) is 9.17. The lowest BCUT2D eigenvalue weighted by atomic mass is 9.70. The van der Waals surface area contributed by atoms with E-state index in [1.54, 1.807) is 0 Å². The van der Waals surface area contributed by atoms with Gasteiger partial charge in [0.1, 0.15) is 17.1 Å². The third-order valence-electron chi connectivity index (χ3n) is 6.42. The van der Waals surface area contributed by atoms with Crippen LogP contribution in [0.3, 0.4) is 0 Å². The van der Waals surface area contributed by atoms with Crippen molar-refractivity contribution in [2.24, 2.45) is 5.92 Å². The molecule has 0 amide bonds. The standard InChI is InChI=1S/C25H30O5/c1-5-28-18-9-7-17(8-10-18)19-14-21-24(29-15(19)2)20-12-16(13-23(26)27)6-11-22(20)30-25(21,3)4/h6-12,15,19,21,24H,5,13-14H2,1-4H3,(H,26,27)/t15-,19+,21+,24-/m1/s1. The molecule has 0 aliphatic carbocycles. The summed E-state index contributed by atoms with van der Waals surface area (Å²) in [4.78, 5) is 11.2. The first-order valence-electron chi connectivity index (χ1n) is 10.7. The zero-order chi connectivity index (χ0) is 21.5. The number of carbonyl (C=O) groups is 1. The van der Waals surface area contributed by atoms with E-state index >= 15 is 0 Å². The van der Waals surface area contributed by atoms with Crippen LogP contribution in [0.5, 0.6) is 11.5 Å². The van der Waals surface area contributed by atoms with Crippen molar-refractivity contribution in [1.82, 2.24) is 0 Å². The molecular formula is C25H30O5. The van der Waals surface area contributed by atoms with E-state index in [2.05, 4.69) is 32.9 Å². The highest BCUT2D eigenvalue weighted by molar-refractivity contribution is 5.70. The van der Waals surface area contributed by atoms with Gasteiger partial charge in [-0.3, -0.25) is 4.79 Å². The van der Waals surface area contributed by atoms with Crippen LogP contribution >= 0.6 is 0 Å². The molecule has 30 heavy (non-hydrogen) atoms. The summed E-state index contributed by atoms with van der Waals surface area (Å²) in [6.45, 7) is 9.00.